The van der Waals surface area contributed by atoms with Gasteiger partial charge in [0.05, 0.1) is 22.5 Å². The quantitative estimate of drug-likeness (QED) is 0.283. The number of para-hydroxylation sites is 4. The second kappa shape index (κ2) is 6.62. The molecule has 5 aromatic carbocycles. The van der Waals surface area contributed by atoms with Crippen molar-refractivity contribution in [3.63, 3.8) is 0 Å². The molecule has 2 aliphatic heterocycles. The van der Waals surface area contributed by atoms with Crippen molar-refractivity contribution in [1.29, 1.82) is 0 Å². The second-order valence-corrected chi connectivity index (χ2v) is 9.45. The summed E-state index contributed by atoms with van der Waals surface area (Å²) in [7, 11) is 0. The maximum Gasteiger partial charge on any atom is 0.151 e. The number of nitrogens with two attached hydrogens (primary N) is 1. The van der Waals surface area contributed by atoms with E-state index in [1.165, 1.54) is 39.1 Å². The van der Waals surface area contributed by atoms with Crippen molar-refractivity contribution in [2.45, 2.75) is 12.0 Å². The molecule has 0 radical (unpaired) electrons. The van der Waals surface area contributed by atoms with Gasteiger partial charge in [-0.25, -0.2) is 0 Å². The summed E-state index contributed by atoms with van der Waals surface area (Å²) >= 11 is 0. The van der Waals surface area contributed by atoms with Crippen LogP contribution >= 0.6 is 0 Å². The van der Waals surface area contributed by atoms with E-state index in [-0.39, 0.29) is 0 Å². The topological polar surface area (TPSA) is 38.5 Å². The van der Waals surface area contributed by atoms with E-state index in [0.29, 0.717) is 6.54 Å². The van der Waals surface area contributed by atoms with E-state index in [9.17, 15) is 0 Å². The van der Waals surface area contributed by atoms with E-state index in [1.807, 2.05) is 12.1 Å². The Morgan fingerprint density at radius 3 is 2.17 bits per heavy atom. The largest absolute Gasteiger partial charge is 0.453 e. The zero-order valence-electron chi connectivity index (χ0n) is 19.0. The van der Waals surface area contributed by atoms with Gasteiger partial charge in [-0.2, -0.15) is 0 Å². The van der Waals surface area contributed by atoms with Crippen molar-refractivity contribution in [2.75, 3.05) is 4.90 Å². The van der Waals surface area contributed by atoms with Crippen LogP contribution in [0.1, 0.15) is 27.8 Å². The molecule has 5 aromatic rings. The van der Waals surface area contributed by atoms with E-state index in [0.717, 1.165) is 28.4 Å². The molecule has 3 aliphatic rings. The summed E-state index contributed by atoms with van der Waals surface area (Å²) in [4.78, 5) is 2.39. The Hall–Kier alpha value is -4.34. The number of anilines is 3. The minimum atomic E-state index is -0.453. The average molecular weight is 451 g/mol. The predicted molar refractivity (Wildman–Crippen MR) is 140 cm³/mol. The van der Waals surface area contributed by atoms with Crippen LogP contribution in [-0.2, 0) is 12.0 Å². The van der Waals surface area contributed by atoms with Gasteiger partial charge in [-0.05, 0) is 63.2 Å². The van der Waals surface area contributed by atoms with Gasteiger partial charge in [0.25, 0.3) is 0 Å². The van der Waals surface area contributed by atoms with E-state index < -0.39 is 5.41 Å². The molecule has 1 atom stereocenters. The van der Waals surface area contributed by atoms with Crippen molar-refractivity contribution in [3.8, 4) is 22.6 Å². The molecule has 0 saturated carbocycles. The molecular weight excluding hydrogens is 428 g/mol. The summed E-state index contributed by atoms with van der Waals surface area (Å²) in [6, 6.07) is 39.2. The van der Waals surface area contributed by atoms with Crippen LogP contribution in [0.4, 0.5) is 17.1 Å². The van der Waals surface area contributed by atoms with E-state index in [1.54, 1.807) is 0 Å². The lowest BCUT2D eigenvalue weighted by Crippen LogP contribution is -2.37. The molecule has 0 saturated heterocycles. The van der Waals surface area contributed by atoms with Crippen molar-refractivity contribution >= 4 is 17.1 Å². The first-order valence-electron chi connectivity index (χ1n) is 12.1. The Labute approximate surface area is 204 Å². The minimum absolute atomic E-state index is 0.453. The molecule has 2 heterocycles. The summed E-state index contributed by atoms with van der Waals surface area (Å²) in [5, 5.41) is 0. The smallest absolute Gasteiger partial charge is 0.151 e. The highest BCUT2D eigenvalue weighted by Crippen LogP contribution is 2.66. The van der Waals surface area contributed by atoms with Crippen LogP contribution < -0.4 is 15.4 Å². The van der Waals surface area contributed by atoms with Crippen LogP contribution in [0.2, 0.25) is 0 Å². The van der Waals surface area contributed by atoms with Crippen LogP contribution in [0.25, 0.3) is 11.1 Å². The number of hydrogen-bond donors (Lipinski definition) is 1. The van der Waals surface area contributed by atoms with E-state index >= 15 is 0 Å². The molecule has 1 unspecified atom stereocenters. The van der Waals surface area contributed by atoms with Gasteiger partial charge in [-0.3, -0.25) is 0 Å². The first kappa shape index (κ1) is 19.0. The first-order valence-corrected chi connectivity index (χ1v) is 12.1. The summed E-state index contributed by atoms with van der Waals surface area (Å²) in [6.07, 6.45) is 0. The van der Waals surface area contributed by atoms with E-state index in [4.69, 9.17) is 10.5 Å². The minimum Gasteiger partial charge on any atom is -0.453 e. The molecule has 1 aliphatic carbocycles. The second-order valence-electron chi connectivity index (χ2n) is 9.45. The normalized spacial score (nSPS) is 17.7. The SMILES string of the molecule is NCc1ccc2c(c1)C1(c3ccccc3-2)c2ccccc2N2c3ccccc3Oc3cccc1c32. The zero-order chi connectivity index (χ0) is 23.1. The first-order chi connectivity index (χ1) is 17.3. The molecule has 0 bridgehead atoms. The molecule has 0 aromatic heterocycles. The standard InChI is InChI=1S/C32H22N2O/c33-19-20-16-17-22-21-8-1-2-9-23(21)32(26(22)18-20)24-10-3-4-12-27(24)34-28-13-5-6-14-29(28)35-30-15-7-11-25(32)31(30)34/h1-18H,19,33H2. The summed E-state index contributed by atoms with van der Waals surface area (Å²) in [5.41, 5.74) is 17.9. The molecule has 8 rings (SSSR count). The molecule has 35 heavy (non-hydrogen) atoms. The van der Waals surface area contributed by atoms with Gasteiger partial charge in [0.2, 0.25) is 0 Å². The third-order valence-electron chi connectivity index (χ3n) is 7.85. The molecular formula is C32H22N2O. The lowest BCUT2D eigenvalue weighted by Gasteiger charge is -2.47. The molecule has 0 fully saturated rings. The Balaban J connectivity index is 1.58. The van der Waals surface area contributed by atoms with E-state index in [2.05, 4.69) is 102 Å². The third-order valence-corrected chi connectivity index (χ3v) is 7.85. The predicted octanol–water partition coefficient (Wildman–Crippen LogP) is 7.40. The number of ether oxygens (including phenoxy) is 1. The monoisotopic (exact) mass is 450 g/mol. The lowest BCUT2D eigenvalue weighted by atomic mass is 9.64. The van der Waals surface area contributed by atoms with Crippen molar-refractivity contribution in [2.24, 2.45) is 5.73 Å². The van der Waals surface area contributed by atoms with Gasteiger partial charge in [0.15, 0.2) is 11.5 Å². The highest BCUT2D eigenvalue weighted by atomic mass is 16.5. The highest BCUT2D eigenvalue weighted by molar-refractivity contribution is 5.99. The Bertz CT molecular complexity index is 1690. The molecule has 3 heteroatoms. The van der Waals surface area contributed by atoms with Crippen LogP contribution in [-0.4, -0.2) is 0 Å². The summed E-state index contributed by atoms with van der Waals surface area (Å²) < 4.78 is 6.50. The summed E-state index contributed by atoms with van der Waals surface area (Å²) in [5.74, 6) is 1.76. The number of nitrogens with zero attached hydrogens (tertiary/aromatic N) is 1. The van der Waals surface area contributed by atoms with Gasteiger partial charge in [0.1, 0.15) is 0 Å². The van der Waals surface area contributed by atoms with Crippen LogP contribution in [0.15, 0.2) is 109 Å². The molecule has 1 spiro atoms. The van der Waals surface area contributed by atoms with Crippen LogP contribution in [0.5, 0.6) is 11.5 Å². The fraction of sp³-hybridized carbons (Fsp3) is 0.0625. The molecule has 166 valence electrons. The van der Waals surface area contributed by atoms with Crippen LogP contribution in [0.3, 0.4) is 0 Å². The van der Waals surface area contributed by atoms with Gasteiger partial charge >= 0.3 is 0 Å². The van der Waals surface area contributed by atoms with Crippen LogP contribution in [0, 0.1) is 0 Å². The number of hydrogen-bond acceptors (Lipinski definition) is 3. The Morgan fingerprint density at radius 2 is 1.29 bits per heavy atom. The fourth-order valence-electron chi connectivity index (χ4n) is 6.52. The average Bonchev–Trinajstić information content (AvgIpc) is 3.21. The number of benzene rings is 5. The third kappa shape index (κ3) is 2.20. The number of rotatable bonds is 1. The van der Waals surface area contributed by atoms with Gasteiger partial charge < -0.3 is 15.4 Å². The zero-order valence-corrected chi connectivity index (χ0v) is 19.0. The highest BCUT2D eigenvalue weighted by Gasteiger charge is 2.53. The van der Waals surface area contributed by atoms with Gasteiger partial charge in [-0.15, -0.1) is 0 Å². The molecule has 2 N–H and O–H groups in total. The van der Waals surface area contributed by atoms with Gasteiger partial charge in [0, 0.05) is 6.54 Å². The summed E-state index contributed by atoms with van der Waals surface area (Å²) in [6.45, 7) is 0.511. The maximum atomic E-state index is 6.50. The maximum absolute atomic E-state index is 6.50. The van der Waals surface area contributed by atoms with Crippen molar-refractivity contribution in [3.05, 3.63) is 137 Å². The lowest BCUT2D eigenvalue weighted by molar-refractivity contribution is 0.473. The fourth-order valence-corrected chi connectivity index (χ4v) is 6.52. The Kier molecular flexibility index (Phi) is 3.60. The van der Waals surface area contributed by atoms with Crippen molar-refractivity contribution < 1.29 is 4.74 Å². The number of fused-ring (bicyclic) bond motifs is 11. The van der Waals surface area contributed by atoms with Crippen molar-refractivity contribution in [1.82, 2.24) is 0 Å². The molecule has 3 nitrogen and oxygen atoms in total. The Morgan fingerprint density at radius 1 is 0.600 bits per heavy atom. The van der Waals surface area contributed by atoms with Gasteiger partial charge in [-0.1, -0.05) is 84.9 Å². The molecule has 0 amide bonds.